The Balaban J connectivity index is 2.75. The SMILES string of the molecule is Cc1ccc(Cl)cc1CCCBr. The molecule has 0 aliphatic rings. The standard InChI is InChI=1S/C10H12BrCl/c1-8-4-5-10(12)7-9(8)3-2-6-11/h4-5,7H,2-3,6H2,1H3. The van der Waals surface area contributed by atoms with E-state index in [0.717, 1.165) is 16.8 Å². The van der Waals surface area contributed by atoms with Gasteiger partial charge in [0.25, 0.3) is 0 Å². The molecule has 0 aliphatic carbocycles. The maximum Gasteiger partial charge on any atom is 0.0408 e. The quantitative estimate of drug-likeness (QED) is 0.709. The zero-order valence-electron chi connectivity index (χ0n) is 7.11. The third-order valence-corrected chi connectivity index (χ3v) is 2.69. The first-order chi connectivity index (χ1) is 5.74. The van der Waals surface area contributed by atoms with Gasteiger partial charge in [-0.25, -0.2) is 0 Å². The molecule has 1 aromatic carbocycles. The van der Waals surface area contributed by atoms with Gasteiger partial charge in [-0.2, -0.15) is 0 Å². The number of aryl methyl sites for hydroxylation is 2. The van der Waals surface area contributed by atoms with Crippen LogP contribution in [0.3, 0.4) is 0 Å². The maximum absolute atomic E-state index is 5.88. The largest absolute Gasteiger partial charge is 0.0928 e. The Labute approximate surface area is 87.1 Å². The van der Waals surface area contributed by atoms with Crippen LogP contribution in [0.15, 0.2) is 18.2 Å². The third-order valence-electron chi connectivity index (χ3n) is 1.89. The number of hydrogen-bond donors (Lipinski definition) is 0. The lowest BCUT2D eigenvalue weighted by Gasteiger charge is -2.04. The van der Waals surface area contributed by atoms with Crippen molar-refractivity contribution in [2.24, 2.45) is 0 Å². The van der Waals surface area contributed by atoms with Gasteiger partial charge in [-0.05, 0) is 43.0 Å². The Kier molecular flexibility index (Phi) is 4.10. The van der Waals surface area contributed by atoms with Crippen LogP contribution in [0, 0.1) is 6.92 Å². The molecule has 2 heteroatoms. The number of halogens is 2. The van der Waals surface area contributed by atoms with Crippen LogP contribution in [0.5, 0.6) is 0 Å². The van der Waals surface area contributed by atoms with Crippen molar-refractivity contribution < 1.29 is 0 Å². The van der Waals surface area contributed by atoms with Crippen LogP contribution in [0.25, 0.3) is 0 Å². The van der Waals surface area contributed by atoms with E-state index in [1.165, 1.54) is 17.5 Å². The summed E-state index contributed by atoms with van der Waals surface area (Å²) in [6.07, 6.45) is 2.28. The second-order valence-corrected chi connectivity index (χ2v) is 4.09. The lowest BCUT2D eigenvalue weighted by atomic mass is 10.1. The predicted octanol–water partition coefficient (Wildman–Crippen LogP) is 3.98. The molecular weight excluding hydrogens is 235 g/mol. The van der Waals surface area contributed by atoms with Crippen molar-refractivity contribution in [3.63, 3.8) is 0 Å². The van der Waals surface area contributed by atoms with Crippen molar-refractivity contribution in [1.82, 2.24) is 0 Å². The van der Waals surface area contributed by atoms with Crippen molar-refractivity contribution in [1.29, 1.82) is 0 Å². The average Bonchev–Trinajstić information content (AvgIpc) is 2.07. The molecular formula is C10H12BrCl. The number of hydrogen-bond acceptors (Lipinski definition) is 0. The molecule has 0 fully saturated rings. The first kappa shape index (κ1) is 10.1. The number of benzene rings is 1. The van der Waals surface area contributed by atoms with Gasteiger partial charge in [0.05, 0.1) is 0 Å². The molecule has 0 bridgehead atoms. The van der Waals surface area contributed by atoms with Gasteiger partial charge in [0.2, 0.25) is 0 Å². The lowest BCUT2D eigenvalue weighted by Crippen LogP contribution is -1.89. The summed E-state index contributed by atoms with van der Waals surface area (Å²) in [5.41, 5.74) is 2.70. The zero-order valence-corrected chi connectivity index (χ0v) is 9.45. The summed E-state index contributed by atoms with van der Waals surface area (Å²) in [4.78, 5) is 0. The minimum absolute atomic E-state index is 0.838. The van der Waals surface area contributed by atoms with Gasteiger partial charge in [-0.3, -0.25) is 0 Å². The lowest BCUT2D eigenvalue weighted by molar-refractivity contribution is 0.929. The van der Waals surface area contributed by atoms with Crippen LogP contribution in [-0.4, -0.2) is 5.33 Å². The van der Waals surface area contributed by atoms with Crippen molar-refractivity contribution in [3.8, 4) is 0 Å². The highest BCUT2D eigenvalue weighted by Crippen LogP contribution is 2.16. The van der Waals surface area contributed by atoms with Gasteiger partial charge in [0, 0.05) is 10.4 Å². The van der Waals surface area contributed by atoms with Gasteiger partial charge >= 0.3 is 0 Å². The van der Waals surface area contributed by atoms with Crippen LogP contribution in [0.2, 0.25) is 5.02 Å². The van der Waals surface area contributed by atoms with E-state index in [1.807, 2.05) is 6.07 Å². The summed E-state index contributed by atoms with van der Waals surface area (Å²) in [6, 6.07) is 6.07. The molecule has 0 heterocycles. The van der Waals surface area contributed by atoms with Gasteiger partial charge in [0.15, 0.2) is 0 Å². The molecule has 0 unspecified atom stereocenters. The van der Waals surface area contributed by atoms with Crippen LogP contribution in [0.4, 0.5) is 0 Å². The van der Waals surface area contributed by atoms with Gasteiger partial charge < -0.3 is 0 Å². The smallest absolute Gasteiger partial charge is 0.0408 e. The van der Waals surface area contributed by atoms with Crippen LogP contribution in [-0.2, 0) is 6.42 Å². The summed E-state index contributed by atoms with van der Waals surface area (Å²) in [5.74, 6) is 0. The van der Waals surface area contributed by atoms with E-state index in [-0.39, 0.29) is 0 Å². The van der Waals surface area contributed by atoms with E-state index in [2.05, 4.69) is 35.0 Å². The molecule has 66 valence electrons. The van der Waals surface area contributed by atoms with E-state index < -0.39 is 0 Å². The molecule has 0 saturated carbocycles. The first-order valence-electron chi connectivity index (χ1n) is 4.05. The van der Waals surface area contributed by atoms with Crippen molar-refractivity contribution >= 4 is 27.5 Å². The van der Waals surface area contributed by atoms with Crippen LogP contribution >= 0.6 is 27.5 Å². The molecule has 0 saturated heterocycles. The van der Waals surface area contributed by atoms with Crippen molar-refractivity contribution in [2.75, 3.05) is 5.33 Å². The summed E-state index contributed by atoms with van der Waals surface area (Å²) < 4.78 is 0. The van der Waals surface area contributed by atoms with Gasteiger partial charge in [0.1, 0.15) is 0 Å². The second-order valence-electron chi connectivity index (χ2n) is 2.86. The third kappa shape index (κ3) is 2.80. The number of alkyl halides is 1. The summed E-state index contributed by atoms with van der Waals surface area (Å²) in [5, 5.41) is 1.89. The Morgan fingerprint density at radius 1 is 1.42 bits per heavy atom. The minimum Gasteiger partial charge on any atom is -0.0928 e. The molecule has 0 nitrogen and oxygen atoms in total. The Hall–Kier alpha value is -0.0100. The fourth-order valence-corrected chi connectivity index (χ4v) is 1.64. The molecule has 0 radical (unpaired) electrons. The minimum atomic E-state index is 0.838. The molecule has 1 aromatic rings. The normalized spacial score (nSPS) is 10.2. The maximum atomic E-state index is 5.88. The van der Waals surface area contributed by atoms with E-state index in [9.17, 15) is 0 Å². The highest BCUT2D eigenvalue weighted by Gasteiger charge is 1.98. The van der Waals surface area contributed by atoms with Crippen molar-refractivity contribution in [3.05, 3.63) is 34.3 Å². The number of rotatable bonds is 3. The average molecular weight is 248 g/mol. The molecule has 0 aromatic heterocycles. The summed E-state index contributed by atoms with van der Waals surface area (Å²) in [6.45, 7) is 2.12. The second kappa shape index (κ2) is 4.88. The Morgan fingerprint density at radius 2 is 2.17 bits per heavy atom. The zero-order chi connectivity index (χ0) is 8.97. The molecule has 0 spiro atoms. The van der Waals surface area contributed by atoms with Crippen LogP contribution in [0.1, 0.15) is 17.5 Å². The highest BCUT2D eigenvalue weighted by atomic mass is 79.9. The Bertz CT molecular complexity index is 258. The van der Waals surface area contributed by atoms with E-state index in [1.54, 1.807) is 0 Å². The molecule has 0 amide bonds. The van der Waals surface area contributed by atoms with Gasteiger partial charge in [-0.15, -0.1) is 0 Å². The first-order valence-corrected chi connectivity index (χ1v) is 5.55. The molecule has 0 atom stereocenters. The van der Waals surface area contributed by atoms with E-state index in [4.69, 9.17) is 11.6 Å². The highest BCUT2D eigenvalue weighted by molar-refractivity contribution is 9.09. The topological polar surface area (TPSA) is 0 Å². The molecule has 0 aliphatic heterocycles. The summed E-state index contributed by atoms with van der Waals surface area (Å²) in [7, 11) is 0. The van der Waals surface area contributed by atoms with E-state index >= 15 is 0 Å². The molecule has 0 N–H and O–H groups in total. The fraction of sp³-hybridized carbons (Fsp3) is 0.400. The summed E-state index contributed by atoms with van der Waals surface area (Å²) >= 11 is 9.30. The van der Waals surface area contributed by atoms with E-state index in [0.29, 0.717) is 0 Å². The van der Waals surface area contributed by atoms with Crippen molar-refractivity contribution in [2.45, 2.75) is 19.8 Å². The predicted molar refractivity (Wildman–Crippen MR) is 58.3 cm³/mol. The Morgan fingerprint density at radius 3 is 2.83 bits per heavy atom. The fourth-order valence-electron chi connectivity index (χ4n) is 1.17. The molecule has 12 heavy (non-hydrogen) atoms. The monoisotopic (exact) mass is 246 g/mol. The molecule has 1 rings (SSSR count). The van der Waals surface area contributed by atoms with Crippen LogP contribution < -0.4 is 0 Å². The van der Waals surface area contributed by atoms with Gasteiger partial charge in [-0.1, -0.05) is 33.6 Å².